The van der Waals surface area contributed by atoms with Crippen molar-refractivity contribution < 1.29 is 27.6 Å². The fraction of sp³-hybridized carbons (Fsp3) is 0.562. The Bertz CT molecular complexity index is 582. The number of alkyl halides is 2. The molecule has 136 valence electrons. The van der Waals surface area contributed by atoms with E-state index in [-0.39, 0.29) is 5.56 Å². The normalized spacial score (nSPS) is 18.5. The topological polar surface area (TPSA) is 72.4 Å². The van der Waals surface area contributed by atoms with Gasteiger partial charge in [0, 0.05) is 23.3 Å². The highest BCUT2D eigenvalue weighted by Crippen LogP contribution is 2.34. The quantitative estimate of drug-likeness (QED) is 0.728. The van der Waals surface area contributed by atoms with E-state index in [9.17, 15) is 22.5 Å². The minimum absolute atomic E-state index is 0.146. The summed E-state index contributed by atoms with van der Waals surface area (Å²) in [7, 11) is 0. The second kappa shape index (κ2) is 7.76. The van der Waals surface area contributed by atoms with Crippen LogP contribution in [0.3, 0.4) is 0 Å². The van der Waals surface area contributed by atoms with Gasteiger partial charge in [-0.15, -0.1) is 4.72 Å². The lowest BCUT2D eigenvalue weighted by molar-refractivity contribution is -0.143. The van der Waals surface area contributed by atoms with Crippen molar-refractivity contribution in [2.45, 2.75) is 56.7 Å². The molecule has 0 fully saturated rings. The number of carboxylic acid groups (broad SMARTS) is 1. The van der Waals surface area contributed by atoms with Gasteiger partial charge in [-0.3, -0.25) is 0 Å². The van der Waals surface area contributed by atoms with Crippen molar-refractivity contribution in [2.75, 3.05) is 0 Å². The van der Waals surface area contributed by atoms with Gasteiger partial charge < -0.3 is 9.66 Å². The lowest BCUT2D eigenvalue weighted by Gasteiger charge is -2.37. The summed E-state index contributed by atoms with van der Waals surface area (Å²) in [4.78, 5) is 10.7. The molecule has 4 atom stereocenters. The van der Waals surface area contributed by atoms with Gasteiger partial charge in [-0.1, -0.05) is 18.2 Å². The molecule has 0 heterocycles. The lowest BCUT2D eigenvalue weighted by atomic mass is 9.85. The molecule has 0 aliphatic heterocycles. The van der Waals surface area contributed by atoms with Crippen molar-refractivity contribution in [3.63, 3.8) is 0 Å². The van der Waals surface area contributed by atoms with Gasteiger partial charge in [0.15, 0.2) is 6.17 Å². The third-order valence-corrected chi connectivity index (χ3v) is 5.32. The largest absolute Gasteiger partial charge is 0.598 e. The van der Waals surface area contributed by atoms with Gasteiger partial charge in [0.05, 0.1) is 0 Å². The Labute approximate surface area is 142 Å². The van der Waals surface area contributed by atoms with Crippen molar-refractivity contribution >= 4 is 17.3 Å². The van der Waals surface area contributed by atoms with Gasteiger partial charge in [0.25, 0.3) is 0 Å². The van der Waals surface area contributed by atoms with Crippen LogP contribution in [0.4, 0.5) is 13.2 Å². The molecular formula is C16H22F3NO3S. The van der Waals surface area contributed by atoms with E-state index in [0.717, 1.165) is 6.07 Å². The summed E-state index contributed by atoms with van der Waals surface area (Å²) in [6.45, 7) is 6.16. The zero-order valence-electron chi connectivity index (χ0n) is 14.0. The predicted octanol–water partition coefficient (Wildman–Crippen LogP) is 3.24. The monoisotopic (exact) mass is 365 g/mol. The fourth-order valence-electron chi connectivity index (χ4n) is 2.03. The number of rotatable bonds is 7. The van der Waals surface area contributed by atoms with Gasteiger partial charge in [-0.25, -0.2) is 18.0 Å². The maximum absolute atomic E-state index is 14.8. The number of carboxylic acids is 1. The van der Waals surface area contributed by atoms with Gasteiger partial charge >= 0.3 is 5.97 Å². The summed E-state index contributed by atoms with van der Waals surface area (Å²) in [6, 6.07) is 5.27. The first-order chi connectivity index (χ1) is 10.9. The maximum atomic E-state index is 14.8. The first-order valence-electron chi connectivity index (χ1n) is 7.35. The summed E-state index contributed by atoms with van der Waals surface area (Å²) >= 11 is -1.79. The summed E-state index contributed by atoms with van der Waals surface area (Å²) in [6.07, 6.45) is -5.56. The van der Waals surface area contributed by atoms with Gasteiger partial charge in [0.1, 0.15) is 22.3 Å². The van der Waals surface area contributed by atoms with E-state index < -0.39 is 52.2 Å². The number of aliphatic carboxylic acids is 1. The van der Waals surface area contributed by atoms with Crippen LogP contribution in [0.2, 0.25) is 0 Å². The van der Waals surface area contributed by atoms with Crippen molar-refractivity contribution in [3.8, 4) is 0 Å². The number of carbonyl (C=O) groups is 1. The van der Waals surface area contributed by atoms with E-state index in [1.807, 2.05) is 0 Å². The van der Waals surface area contributed by atoms with Gasteiger partial charge in [-0.05, 0) is 33.8 Å². The Balaban J connectivity index is 3.25. The van der Waals surface area contributed by atoms with Crippen molar-refractivity contribution in [2.24, 2.45) is 0 Å². The van der Waals surface area contributed by atoms with E-state index in [0.29, 0.717) is 0 Å². The predicted molar refractivity (Wildman–Crippen MR) is 86.8 cm³/mol. The van der Waals surface area contributed by atoms with Crippen molar-refractivity contribution in [1.29, 1.82) is 0 Å². The first kappa shape index (κ1) is 20.8. The third kappa shape index (κ3) is 4.87. The average molecular weight is 365 g/mol. The molecule has 1 aromatic rings. The summed E-state index contributed by atoms with van der Waals surface area (Å²) in [5, 5.41) is 8.64. The Kier molecular flexibility index (Phi) is 6.72. The fourth-order valence-corrected chi connectivity index (χ4v) is 2.96. The summed E-state index contributed by atoms with van der Waals surface area (Å²) in [5.41, 5.74) is -2.00. The third-order valence-electron chi connectivity index (χ3n) is 3.60. The number of nitrogens with one attached hydrogen (secondary N) is 1. The molecule has 1 rings (SSSR count). The molecule has 8 heteroatoms. The van der Waals surface area contributed by atoms with E-state index in [1.165, 1.54) is 25.1 Å². The Morgan fingerprint density at radius 3 is 2.29 bits per heavy atom. The van der Waals surface area contributed by atoms with Crippen LogP contribution in [0.15, 0.2) is 24.3 Å². The Morgan fingerprint density at radius 1 is 1.29 bits per heavy atom. The molecule has 0 spiro atoms. The minimum Gasteiger partial charge on any atom is -0.598 e. The molecule has 0 amide bonds. The first-order valence-corrected chi connectivity index (χ1v) is 8.50. The Morgan fingerprint density at radius 2 is 1.83 bits per heavy atom. The molecule has 2 N–H and O–H groups in total. The molecule has 0 aliphatic rings. The number of benzene rings is 1. The summed E-state index contributed by atoms with van der Waals surface area (Å²) < 4.78 is 56.6. The van der Waals surface area contributed by atoms with Crippen LogP contribution in [0.1, 0.15) is 39.7 Å². The highest BCUT2D eigenvalue weighted by Gasteiger charge is 2.46. The standard InChI is InChI=1S/C16H22F3NO3S/c1-15(2,3)24(23)20-16(4,10-7-5-6-8-11(10)17)13(19)9-12(18)14(21)22/h5-8,12-13,20H,9H2,1-4H3,(H,21,22)/t12?,13-,16-,24-/m1/s1. The van der Waals surface area contributed by atoms with Crippen LogP contribution in [-0.2, 0) is 21.7 Å². The lowest BCUT2D eigenvalue weighted by Crippen LogP contribution is -2.55. The molecule has 24 heavy (non-hydrogen) atoms. The second-order valence-corrected chi connectivity index (χ2v) is 8.64. The molecule has 0 bridgehead atoms. The zero-order chi connectivity index (χ0) is 18.7. The molecule has 4 nitrogen and oxygen atoms in total. The molecule has 0 aromatic heterocycles. The maximum Gasteiger partial charge on any atom is 0.338 e. The van der Waals surface area contributed by atoms with Crippen LogP contribution in [0, 0.1) is 5.82 Å². The van der Waals surface area contributed by atoms with Crippen LogP contribution >= 0.6 is 0 Å². The van der Waals surface area contributed by atoms with E-state index in [4.69, 9.17) is 5.11 Å². The van der Waals surface area contributed by atoms with Gasteiger partial charge in [0.2, 0.25) is 0 Å². The number of hydrogen-bond donors (Lipinski definition) is 2. The molecule has 0 aliphatic carbocycles. The molecule has 0 saturated carbocycles. The molecule has 0 saturated heterocycles. The highest BCUT2D eigenvalue weighted by molar-refractivity contribution is 7.90. The van der Waals surface area contributed by atoms with Crippen LogP contribution in [0.5, 0.6) is 0 Å². The highest BCUT2D eigenvalue weighted by atomic mass is 32.2. The van der Waals surface area contributed by atoms with E-state index in [1.54, 1.807) is 20.8 Å². The second-order valence-electron chi connectivity index (χ2n) is 6.67. The SMILES string of the molecule is CC(C)(C)[S@@+]([O-])N[C@](C)(c1ccccc1F)[C@H](F)CC(F)C(=O)O. The average Bonchev–Trinajstić information content (AvgIpc) is 2.46. The van der Waals surface area contributed by atoms with Crippen LogP contribution < -0.4 is 4.72 Å². The molecule has 0 radical (unpaired) electrons. The summed E-state index contributed by atoms with van der Waals surface area (Å²) in [5.74, 6) is -2.56. The zero-order valence-corrected chi connectivity index (χ0v) is 14.8. The molecular weight excluding hydrogens is 343 g/mol. The Hall–Kier alpha value is -1.25. The number of hydrogen-bond acceptors (Lipinski definition) is 3. The van der Waals surface area contributed by atoms with Crippen LogP contribution in [0.25, 0.3) is 0 Å². The van der Waals surface area contributed by atoms with Crippen LogP contribution in [-0.4, -0.2) is 32.7 Å². The van der Waals surface area contributed by atoms with Gasteiger partial charge in [-0.2, -0.15) is 0 Å². The van der Waals surface area contributed by atoms with E-state index >= 15 is 0 Å². The number of halogens is 3. The molecule has 1 unspecified atom stereocenters. The van der Waals surface area contributed by atoms with E-state index in [2.05, 4.69) is 4.72 Å². The minimum atomic E-state index is -2.45. The molecule has 1 aromatic carbocycles. The van der Waals surface area contributed by atoms with Crippen molar-refractivity contribution in [3.05, 3.63) is 35.6 Å². The van der Waals surface area contributed by atoms with Crippen molar-refractivity contribution in [1.82, 2.24) is 4.72 Å². The smallest absolute Gasteiger partial charge is 0.338 e.